The Hall–Kier alpha value is -5.95. The van der Waals surface area contributed by atoms with E-state index in [2.05, 4.69) is 185 Å². The van der Waals surface area contributed by atoms with Gasteiger partial charge in [0.1, 0.15) is 0 Å². The van der Waals surface area contributed by atoms with Crippen LogP contribution in [0.15, 0.2) is 182 Å². The first-order valence-electron chi connectivity index (χ1n) is 15.6. The van der Waals surface area contributed by atoms with Crippen LogP contribution in [0.5, 0.6) is 0 Å². The molecule has 0 aliphatic rings. The second kappa shape index (κ2) is 11.5. The number of hydrogen-bond acceptors (Lipinski definition) is 0. The number of rotatable bonds is 6. The van der Waals surface area contributed by atoms with E-state index in [1.807, 2.05) is 6.07 Å². The standard InChI is InChI=1S/C43H30N2Si/c1-44-40-30-27-33(32-25-28-34(29-26-32)45-41-23-13-11-21-38(41)39-22-12-14-24-42(39)45)31-43(40)46(35-15-5-2-6-16-35,36-17-7-3-8-18-36)37-19-9-4-10-20-37/h2-31H. The quantitative estimate of drug-likeness (QED) is 0.103. The van der Waals surface area contributed by atoms with Crippen LogP contribution in [-0.2, 0) is 0 Å². The van der Waals surface area contributed by atoms with Crippen molar-refractivity contribution in [2.45, 2.75) is 0 Å². The summed E-state index contributed by atoms with van der Waals surface area (Å²) in [6.45, 7) is 8.31. The molecule has 1 aromatic heterocycles. The second-order valence-electron chi connectivity index (χ2n) is 11.6. The minimum atomic E-state index is -2.86. The van der Waals surface area contributed by atoms with Crippen LogP contribution in [0.4, 0.5) is 5.69 Å². The molecule has 0 N–H and O–H groups in total. The van der Waals surface area contributed by atoms with E-state index < -0.39 is 8.07 Å². The van der Waals surface area contributed by atoms with Crippen LogP contribution >= 0.6 is 0 Å². The summed E-state index contributed by atoms with van der Waals surface area (Å²) in [5.41, 5.74) is 6.46. The van der Waals surface area contributed by atoms with E-state index >= 15 is 0 Å². The normalized spacial score (nSPS) is 11.5. The lowest BCUT2D eigenvalue weighted by Crippen LogP contribution is -2.74. The van der Waals surface area contributed by atoms with E-state index in [9.17, 15) is 0 Å². The van der Waals surface area contributed by atoms with E-state index in [-0.39, 0.29) is 0 Å². The predicted molar refractivity (Wildman–Crippen MR) is 196 cm³/mol. The van der Waals surface area contributed by atoms with Crippen LogP contribution in [-0.4, -0.2) is 12.6 Å². The molecular weight excluding hydrogens is 573 g/mol. The molecule has 0 spiro atoms. The van der Waals surface area contributed by atoms with Gasteiger partial charge in [0, 0.05) is 16.5 Å². The van der Waals surface area contributed by atoms with Crippen molar-refractivity contribution in [1.82, 2.24) is 4.57 Å². The fourth-order valence-electron chi connectivity index (χ4n) is 7.15. The third-order valence-electron chi connectivity index (χ3n) is 9.18. The van der Waals surface area contributed by atoms with E-state index in [4.69, 9.17) is 6.57 Å². The molecule has 1 heterocycles. The maximum Gasteiger partial charge on any atom is 0.187 e. The molecule has 0 aliphatic heterocycles. The first kappa shape index (κ1) is 27.6. The molecule has 0 unspecified atom stereocenters. The zero-order chi connectivity index (χ0) is 30.9. The molecule has 0 radical (unpaired) electrons. The van der Waals surface area contributed by atoms with Crippen molar-refractivity contribution in [3.63, 3.8) is 0 Å². The largest absolute Gasteiger partial charge is 0.309 e. The first-order chi connectivity index (χ1) is 22.8. The van der Waals surface area contributed by atoms with Crippen molar-refractivity contribution in [3.05, 3.63) is 193 Å². The van der Waals surface area contributed by atoms with Crippen molar-refractivity contribution < 1.29 is 0 Å². The highest BCUT2D eigenvalue weighted by molar-refractivity contribution is 7.20. The van der Waals surface area contributed by atoms with E-state index in [1.54, 1.807) is 0 Å². The molecular formula is C43H30N2Si. The van der Waals surface area contributed by atoms with Crippen LogP contribution in [0.3, 0.4) is 0 Å². The van der Waals surface area contributed by atoms with Gasteiger partial charge in [-0.15, -0.1) is 0 Å². The van der Waals surface area contributed by atoms with Gasteiger partial charge < -0.3 is 4.57 Å². The molecule has 46 heavy (non-hydrogen) atoms. The predicted octanol–water partition coefficient (Wildman–Crippen LogP) is 8.38. The lowest BCUT2D eigenvalue weighted by Gasteiger charge is -2.35. The van der Waals surface area contributed by atoms with Gasteiger partial charge >= 0.3 is 0 Å². The van der Waals surface area contributed by atoms with E-state index in [0.29, 0.717) is 5.69 Å². The molecule has 3 heteroatoms. The number of aromatic nitrogens is 1. The van der Waals surface area contributed by atoms with E-state index in [1.165, 1.54) is 37.4 Å². The summed E-state index contributed by atoms with van der Waals surface area (Å²) in [5, 5.41) is 7.40. The summed E-state index contributed by atoms with van der Waals surface area (Å²) >= 11 is 0. The highest BCUT2D eigenvalue weighted by Gasteiger charge is 2.42. The molecule has 0 bridgehead atoms. The van der Waals surface area contributed by atoms with Crippen LogP contribution in [0.25, 0.3) is 43.5 Å². The third-order valence-corrected chi connectivity index (χ3v) is 14.0. The Kier molecular flexibility index (Phi) is 6.91. The zero-order valence-corrected chi connectivity index (χ0v) is 26.2. The lowest BCUT2D eigenvalue weighted by molar-refractivity contribution is 1.18. The van der Waals surface area contributed by atoms with Gasteiger partial charge in [0.2, 0.25) is 0 Å². The summed E-state index contributed by atoms with van der Waals surface area (Å²) in [6, 6.07) is 64.9. The van der Waals surface area contributed by atoms with Gasteiger partial charge in [0.15, 0.2) is 13.8 Å². The first-order valence-corrected chi connectivity index (χ1v) is 17.6. The van der Waals surface area contributed by atoms with Crippen molar-refractivity contribution >= 4 is 56.3 Å². The summed E-state index contributed by atoms with van der Waals surface area (Å²) in [6.07, 6.45) is 0. The van der Waals surface area contributed by atoms with Crippen molar-refractivity contribution in [3.8, 4) is 16.8 Å². The second-order valence-corrected chi connectivity index (χ2v) is 15.4. The average Bonchev–Trinajstić information content (AvgIpc) is 3.48. The molecule has 8 aromatic rings. The van der Waals surface area contributed by atoms with Gasteiger partial charge in [-0.2, -0.15) is 0 Å². The monoisotopic (exact) mass is 602 g/mol. The molecule has 2 nitrogen and oxygen atoms in total. The maximum atomic E-state index is 8.31. The molecule has 0 aliphatic carbocycles. The molecule has 7 aromatic carbocycles. The maximum absolute atomic E-state index is 8.31. The number of nitrogens with zero attached hydrogens (tertiary/aromatic N) is 2. The van der Waals surface area contributed by atoms with Gasteiger partial charge in [-0.1, -0.05) is 158 Å². The molecule has 216 valence electrons. The Balaban J connectivity index is 1.33. The molecule has 0 saturated heterocycles. The Bertz CT molecular complexity index is 2200. The lowest BCUT2D eigenvalue weighted by atomic mass is 10.0. The van der Waals surface area contributed by atoms with Gasteiger partial charge in [0.05, 0.1) is 17.6 Å². The van der Waals surface area contributed by atoms with Crippen LogP contribution in [0.2, 0.25) is 0 Å². The van der Waals surface area contributed by atoms with Crippen molar-refractivity contribution in [1.29, 1.82) is 0 Å². The van der Waals surface area contributed by atoms with Crippen molar-refractivity contribution in [2.75, 3.05) is 0 Å². The number of hydrogen-bond donors (Lipinski definition) is 0. The summed E-state index contributed by atoms with van der Waals surface area (Å²) in [4.78, 5) is 4.13. The van der Waals surface area contributed by atoms with Gasteiger partial charge in [0.25, 0.3) is 0 Å². The molecule has 0 amide bonds. The van der Waals surface area contributed by atoms with Crippen molar-refractivity contribution in [2.24, 2.45) is 0 Å². The summed E-state index contributed by atoms with van der Waals surface area (Å²) in [5.74, 6) is 0. The minimum Gasteiger partial charge on any atom is -0.309 e. The smallest absolute Gasteiger partial charge is 0.187 e. The highest BCUT2D eigenvalue weighted by atomic mass is 28.3. The Morgan fingerprint density at radius 3 is 1.35 bits per heavy atom. The molecule has 0 fully saturated rings. The van der Waals surface area contributed by atoms with Crippen LogP contribution in [0.1, 0.15) is 0 Å². The number of benzene rings is 7. The SMILES string of the molecule is [C-]#[N+]c1ccc(-c2ccc(-n3c4ccccc4c4ccccc43)cc2)cc1[Si](c1ccccc1)(c1ccccc1)c1ccccc1. The van der Waals surface area contributed by atoms with Gasteiger partial charge in [-0.25, -0.2) is 4.85 Å². The fraction of sp³-hybridized carbons (Fsp3) is 0. The van der Waals surface area contributed by atoms with Crippen LogP contribution < -0.4 is 20.7 Å². The zero-order valence-electron chi connectivity index (χ0n) is 25.2. The number of fused-ring (bicyclic) bond motifs is 3. The van der Waals surface area contributed by atoms with Gasteiger partial charge in [-0.3, -0.25) is 0 Å². The number of para-hydroxylation sites is 2. The Labute approximate surface area is 270 Å². The molecule has 0 atom stereocenters. The Morgan fingerprint density at radius 2 is 0.870 bits per heavy atom. The molecule has 0 saturated carbocycles. The van der Waals surface area contributed by atoms with Gasteiger partial charge in [-0.05, 0) is 56.1 Å². The summed E-state index contributed by atoms with van der Waals surface area (Å²) in [7, 11) is -2.86. The summed E-state index contributed by atoms with van der Waals surface area (Å²) < 4.78 is 2.35. The van der Waals surface area contributed by atoms with Crippen LogP contribution in [0, 0.1) is 6.57 Å². The minimum absolute atomic E-state index is 0.703. The highest BCUT2D eigenvalue weighted by Crippen LogP contribution is 2.33. The van der Waals surface area contributed by atoms with E-state index in [0.717, 1.165) is 22.0 Å². The molecule has 8 rings (SSSR count). The Morgan fingerprint density at radius 1 is 0.435 bits per heavy atom. The third kappa shape index (κ3) is 4.39. The average molecular weight is 603 g/mol. The fourth-order valence-corrected chi connectivity index (χ4v) is 12.1. The topological polar surface area (TPSA) is 9.29 Å².